The lowest BCUT2D eigenvalue weighted by molar-refractivity contribution is -0.138. The Bertz CT molecular complexity index is 189. The molecule has 0 spiro atoms. The van der Waals surface area contributed by atoms with E-state index in [-0.39, 0.29) is 0 Å². The van der Waals surface area contributed by atoms with Crippen LogP contribution in [0.15, 0.2) is 12.2 Å². The Balaban J connectivity index is 2.34. The fraction of sp³-hybridized carbons (Fsp3) is 0.667. The average Bonchev–Trinajstić information content (AvgIpc) is 2.06. The molecule has 1 aliphatic rings. The molecule has 0 fully saturated rings. The Morgan fingerprint density at radius 2 is 2.50 bits per heavy atom. The number of aliphatic carboxylic acids is 1. The first kappa shape index (κ1) is 9.26. The van der Waals surface area contributed by atoms with Gasteiger partial charge in [0.25, 0.3) is 0 Å². The fourth-order valence-corrected chi connectivity index (χ4v) is 1.51. The van der Waals surface area contributed by atoms with Crippen molar-refractivity contribution < 1.29 is 9.90 Å². The van der Waals surface area contributed by atoms with E-state index in [1.807, 2.05) is 0 Å². The third-order valence-corrected chi connectivity index (χ3v) is 2.23. The predicted octanol–water partition coefficient (Wildman–Crippen LogP) is 1.14. The van der Waals surface area contributed by atoms with Crippen molar-refractivity contribution in [3.8, 4) is 0 Å². The molecule has 1 aliphatic carbocycles. The highest BCUT2D eigenvalue weighted by Gasteiger charge is 2.17. The molecular weight excluding hydrogens is 154 g/mol. The van der Waals surface area contributed by atoms with E-state index >= 15 is 0 Å². The van der Waals surface area contributed by atoms with Gasteiger partial charge in [-0.3, -0.25) is 4.79 Å². The second-order valence-corrected chi connectivity index (χ2v) is 3.30. The summed E-state index contributed by atoms with van der Waals surface area (Å²) in [6.45, 7) is 0. The number of carboxylic acids is 1. The minimum atomic E-state index is -0.894. The van der Waals surface area contributed by atoms with Crippen LogP contribution in [0.3, 0.4) is 0 Å². The number of carbonyl (C=O) groups is 1. The Morgan fingerprint density at radius 3 is 3.00 bits per heavy atom. The van der Waals surface area contributed by atoms with Gasteiger partial charge in [-0.2, -0.15) is 0 Å². The van der Waals surface area contributed by atoms with Crippen molar-refractivity contribution in [2.75, 3.05) is 0 Å². The molecule has 12 heavy (non-hydrogen) atoms. The first-order valence-electron chi connectivity index (χ1n) is 4.35. The van der Waals surface area contributed by atoms with Gasteiger partial charge in [-0.15, -0.1) is 0 Å². The Morgan fingerprint density at radius 1 is 1.75 bits per heavy atom. The number of nitrogens with two attached hydrogens (primary N) is 1. The van der Waals surface area contributed by atoms with E-state index in [2.05, 4.69) is 12.2 Å². The first-order chi connectivity index (χ1) is 5.70. The van der Waals surface area contributed by atoms with Crippen molar-refractivity contribution in [1.82, 2.24) is 0 Å². The summed E-state index contributed by atoms with van der Waals surface area (Å²) in [4.78, 5) is 10.4. The summed E-state index contributed by atoms with van der Waals surface area (Å²) >= 11 is 0. The molecule has 0 heterocycles. The molecule has 0 aliphatic heterocycles. The molecule has 0 saturated heterocycles. The van der Waals surface area contributed by atoms with Crippen molar-refractivity contribution in [2.24, 2.45) is 11.7 Å². The van der Waals surface area contributed by atoms with Crippen LogP contribution in [0.2, 0.25) is 0 Å². The predicted molar refractivity (Wildman–Crippen MR) is 46.7 cm³/mol. The van der Waals surface area contributed by atoms with E-state index in [4.69, 9.17) is 10.8 Å². The molecule has 0 aromatic rings. The molecule has 0 bridgehead atoms. The van der Waals surface area contributed by atoms with Crippen molar-refractivity contribution in [3.05, 3.63) is 12.2 Å². The molecule has 0 aromatic heterocycles. The van der Waals surface area contributed by atoms with Crippen LogP contribution in [0.25, 0.3) is 0 Å². The van der Waals surface area contributed by atoms with E-state index in [1.54, 1.807) is 0 Å². The molecule has 3 N–H and O–H groups in total. The summed E-state index contributed by atoms with van der Waals surface area (Å²) in [6.07, 6.45) is 8.14. The van der Waals surface area contributed by atoms with Crippen molar-refractivity contribution in [2.45, 2.75) is 31.7 Å². The van der Waals surface area contributed by atoms with Crippen LogP contribution in [0.5, 0.6) is 0 Å². The molecule has 0 radical (unpaired) electrons. The molecule has 68 valence electrons. The summed E-state index contributed by atoms with van der Waals surface area (Å²) in [5.41, 5.74) is 5.41. The lowest BCUT2D eigenvalue weighted by Crippen LogP contribution is -2.32. The molecule has 3 nitrogen and oxygen atoms in total. The Labute approximate surface area is 72.3 Å². The van der Waals surface area contributed by atoms with E-state index in [0.717, 1.165) is 19.3 Å². The van der Waals surface area contributed by atoms with Crippen LogP contribution in [0.4, 0.5) is 0 Å². The molecule has 1 rings (SSSR count). The van der Waals surface area contributed by atoms with Gasteiger partial charge in [-0.25, -0.2) is 0 Å². The maximum absolute atomic E-state index is 10.4. The Hall–Kier alpha value is -0.830. The smallest absolute Gasteiger partial charge is 0.320 e. The van der Waals surface area contributed by atoms with Gasteiger partial charge in [0.1, 0.15) is 6.04 Å². The minimum Gasteiger partial charge on any atom is -0.480 e. The van der Waals surface area contributed by atoms with Crippen LogP contribution < -0.4 is 5.73 Å². The number of hydrogen-bond donors (Lipinski definition) is 2. The summed E-state index contributed by atoms with van der Waals surface area (Å²) in [6, 6.07) is -0.697. The van der Waals surface area contributed by atoms with E-state index in [0.29, 0.717) is 12.3 Å². The van der Waals surface area contributed by atoms with Gasteiger partial charge in [0, 0.05) is 0 Å². The summed E-state index contributed by atoms with van der Waals surface area (Å²) in [7, 11) is 0. The second kappa shape index (κ2) is 4.26. The first-order valence-corrected chi connectivity index (χ1v) is 4.35. The van der Waals surface area contributed by atoms with Crippen LogP contribution in [0, 0.1) is 5.92 Å². The lowest BCUT2D eigenvalue weighted by Gasteiger charge is -2.17. The third-order valence-electron chi connectivity index (χ3n) is 2.23. The lowest BCUT2D eigenvalue weighted by atomic mass is 9.90. The molecule has 0 amide bonds. The molecule has 0 aromatic carbocycles. The van der Waals surface area contributed by atoms with Gasteiger partial charge < -0.3 is 10.8 Å². The molecular formula is C9H15NO2. The summed E-state index contributed by atoms with van der Waals surface area (Å²) < 4.78 is 0. The number of rotatable bonds is 3. The quantitative estimate of drug-likeness (QED) is 0.623. The minimum absolute atomic E-state index is 0.379. The topological polar surface area (TPSA) is 63.3 Å². The number of hydrogen-bond acceptors (Lipinski definition) is 2. The fourth-order valence-electron chi connectivity index (χ4n) is 1.51. The average molecular weight is 169 g/mol. The van der Waals surface area contributed by atoms with Gasteiger partial charge in [-0.05, 0) is 31.6 Å². The molecule has 0 unspecified atom stereocenters. The van der Waals surface area contributed by atoms with Gasteiger partial charge in [-0.1, -0.05) is 12.2 Å². The highest BCUT2D eigenvalue weighted by molar-refractivity contribution is 5.73. The van der Waals surface area contributed by atoms with E-state index < -0.39 is 12.0 Å². The highest BCUT2D eigenvalue weighted by Crippen LogP contribution is 2.20. The third kappa shape index (κ3) is 2.66. The normalized spacial score (nSPS) is 25.2. The van der Waals surface area contributed by atoms with Crippen LogP contribution in [-0.2, 0) is 4.79 Å². The maximum atomic E-state index is 10.4. The van der Waals surface area contributed by atoms with Crippen LogP contribution in [-0.4, -0.2) is 17.1 Å². The summed E-state index contributed by atoms with van der Waals surface area (Å²) in [5, 5.41) is 8.56. The SMILES string of the molecule is N[C@@H](C[C@@H]1C=CCCC1)C(=O)O. The zero-order valence-electron chi connectivity index (χ0n) is 7.07. The largest absolute Gasteiger partial charge is 0.480 e. The van der Waals surface area contributed by atoms with Gasteiger partial charge >= 0.3 is 5.97 Å². The van der Waals surface area contributed by atoms with Gasteiger partial charge in [0.05, 0.1) is 0 Å². The Kier molecular flexibility index (Phi) is 3.29. The maximum Gasteiger partial charge on any atom is 0.320 e. The van der Waals surface area contributed by atoms with E-state index in [9.17, 15) is 4.79 Å². The van der Waals surface area contributed by atoms with Crippen molar-refractivity contribution in [1.29, 1.82) is 0 Å². The molecule has 3 heteroatoms. The highest BCUT2D eigenvalue weighted by atomic mass is 16.4. The monoisotopic (exact) mass is 169 g/mol. The van der Waals surface area contributed by atoms with Crippen molar-refractivity contribution >= 4 is 5.97 Å². The second-order valence-electron chi connectivity index (χ2n) is 3.30. The van der Waals surface area contributed by atoms with Gasteiger partial charge in [0.2, 0.25) is 0 Å². The molecule has 2 atom stereocenters. The van der Waals surface area contributed by atoms with Gasteiger partial charge in [0.15, 0.2) is 0 Å². The molecule has 0 saturated carbocycles. The van der Waals surface area contributed by atoms with Crippen LogP contribution in [0.1, 0.15) is 25.7 Å². The number of allylic oxidation sites excluding steroid dienone is 2. The summed E-state index contributed by atoms with van der Waals surface area (Å²) in [5.74, 6) is -0.515. The zero-order chi connectivity index (χ0) is 8.97. The van der Waals surface area contributed by atoms with Crippen LogP contribution >= 0.6 is 0 Å². The van der Waals surface area contributed by atoms with E-state index in [1.165, 1.54) is 0 Å². The standard InChI is InChI=1S/C9H15NO2/c10-8(9(11)12)6-7-4-2-1-3-5-7/h2,4,7-8H,1,3,5-6,10H2,(H,11,12)/t7-,8+/m1/s1. The van der Waals surface area contributed by atoms with Crippen molar-refractivity contribution in [3.63, 3.8) is 0 Å². The number of carboxylic acid groups (broad SMARTS) is 1. The zero-order valence-corrected chi connectivity index (χ0v) is 7.07.